The van der Waals surface area contributed by atoms with E-state index in [1.54, 1.807) is 6.07 Å². The first-order valence-electron chi connectivity index (χ1n) is 5.90. The Morgan fingerprint density at radius 1 is 1.29 bits per heavy atom. The van der Waals surface area contributed by atoms with E-state index < -0.39 is 0 Å². The Hall–Kier alpha value is -1.30. The van der Waals surface area contributed by atoms with E-state index in [1.807, 2.05) is 13.0 Å². The van der Waals surface area contributed by atoms with Crippen molar-refractivity contribution in [3.05, 3.63) is 50.0 Å². The summed E-state index contributed by atoms with van der Waals surface area (Å²) in [6, 6.07) is 6.49. The lowest BCUT2D eigenvalue weighted by Gasteiger charge is -2.09. The molecule has 0 bridgehead atoms. The number of carbonyl (C=O) groups excluding carboxylic acids is 1. The summed E-state index contributed by atoms with van der Waals surface area (Å²) in [6.45, 7) is 1.83. The van der Waals surface area contributed by atoms with Crippen LogP contribution in [-0.2, 0) is 0 Å². The van der Waals surface area contributed by atoms with Crippen molar-refractivity contribution in [1.82, 2.24) is 4.98 Å². The predicted octanol–water partition coefficient (Wildman–Crippen LogP) is 4.72. The number of carbonyl (C=O) groups is 1. The van der Waals surface area contributed by atoms with E-state index in [4.69, 9.17) is 27.9 Å². The fraction of sp³-hybridized carbons (Fsp3) is 0.143. The highest BCUT2D eigenvalue weighted by atomic mass is 79.9. The van der Waals surface area contributed by atoms with Crippen LogP contribution in [0.2, 0.25) is 10.0 Å². The Labute approximate surface area is 140 Å². The highest BCUT2D eigenvalue weighted by Crippen LogP contribution is 2.34. The SMILES string of the molecule is COc1c(Cl)cc(C(=O)Nc2ccc(Br)c(C)n2)cc1Cl. The number of nitrogens with one attached hydrogen (secondary N) is 1. The van der Waals surface area contributed by atoms with Crippen LogP contribution in [-0.4, -0.2) is 18.0 Å². The van der Waals surface area contributed by atoms with Crippen LogP contribution >= 0.6 is 39.1 Å². The van der Waals surface area contributed by atoms with E-state index in [9.17, 15) is 4.79 Å². The van der Waals surface area contributed by atoms with Crippen molar-refractivity contribution in [2.75, 3.05) is 12.4 Å². The van der Waals surface area contributed by atoms with Gasteiger partial charge in [0.2, 0.25) is 0 Å². The van der Waals surface area contributed by atoms with Crippen LogP contribution in [0.1, 0.15) is 16.1 Å². The molecule has 1 heterocycles. The first-order valence-corrected chi connectivity index (χ1v) is 7.44. The van der Waals surface area contributed by atoms with Crippen molar-refractivity contribution < 1.29 is 9.53 Å². The first-order chi connectivity index (χ1) is 9.92. The topological polar surface area (TPSA) is 51.2 Å². The Balaban J connectivity index is 2.26. The van der Waals surface area contributed by atoms with Crippen molar-refractivity contribution in [2.45, 2.75) is 6.92 Å². The van der Waals surface area contributed by atoms with Crippen molar-refractivity contribution in [1.29, 1.82) is 0 Å². The summed E-state index contributed by atoms with van der Waals surface area (Å²) in [7, 11) is 1.46. The van der Waals surface area contributed by atoms with Gasteiger partial charge in [0.15, 0.2) is 5.75 Å². The van der Waals surface area contributed by atoms with Gasteiger partial charge in [-0.25, -0.2) is 4.98 Å². The number of aryl methyl sites for hydroxylation is 1. The molecule has 0 aliphatic rings. The Morgan fingerprint density at radius 3 is 2.43 bits per heavy atom. The van der Waals surface area contributed by atoms with Gasteiger partial charge in [0.05, 0.1) is 22.8 Å². The molecule has 0 spiro atoms. The number of pyridine rings is 1. The maximum Gasteiger partial charge on any atom is 0.256 e. The third-order valence-corrected chi connectivity index (χ3v) is 4.13. The second-order valence-electron chi connectivity index (χ2n) is 4.19. The van der Waals surface area contributed by atoms with Crippen LogP contribution in [0.4, 0.5) is 5.82 Å². The molecule has 1 aromatic heterocycles. The molecule has 4 nitrogen and oxygen atoms in total. The van der Waals surface area contributed by atoms with E-state index in [0.717, 1.165) is 10.2 Å². The third kappa shape index (κ3) is 3.67. The number of halogens is 3. The number of aromatic nitrogens is 1. The average molecular weight is 390 g/mol. The minimum atomic E-state index is -0.351. The lowest BCUT2D eigenvalue weighted by Crippen LogP contribution is -2.13. The van der Waals surface area contributed by atoms with Gasteiger partial charge in [-0.1, -0.05) is 23.2 Å². The minimum absolute atomic E-state index is 0.273. The maximum absolute atomic E-state index is 12.2. The molecule has 2 aromatic rings. The van der Waals surface area contributed by atoms with E-state index in [0.29, 0.717) is 17.1 Å². The molecular weight excluding hydrogens is 379 g/mol. The fourth-order valence-corrected chi connectivity index (χ4v) is 2.55. The van der Waals surface area contributed by atoms with Crippen LogP contribution in [0, 0.1) is 6.92 Å². The number of hydrogen-bond donors (Lipinski definition) is 1. The number of ether oxygens (including phenoxy) is 1. The third-order valence-electron chi connectivity index (χ3n) is 2.73. The molecule has 7 heteroatoms. The number of amides is 1. The van der Waals surface area contributed by atoms with E-state index in [2.05, 4.69) is 26.2 Å². The van der Waals surface area contributed by atoms with Gasteiger partial charge >= 0.3 is 0 Å². The van der Waals surface area contributed by atoms with E-state index >= 15 is 0 Å². The zero-order valence-electron chi connectivity index (χ0n) is 11.2. The Morgan fingerprint density at radius 2 is 1.90 bits per heavy atom. The smallest absolute Gasteiger partial charge is 0.256 e. The summed E-state index contributed by atoms with van der Waals surface area (Å²) < 4.78 is 5.92. The summed E-state index contributed by atoms with van der Waals surface area (Å²) in [5.74, 6) is 0.437. The van der Waals surface area contributed by atoms with Crippen molar-refractivity contribution in [3.8, 4) is 5.75 Å². The summed E-state index contributed by atoms with van der Waals surface area (Å²) in [4.78, 5) is 16.4. The maximum atomic E-state index is 12.2. The predicted molar refractivity (Wildman–Crippen MR) is 87.6 cm³/mol. The summed E-state index contributed by atoms with van der Waals surface area (Å²) in [6.07, 6.45) is 0. The number of benzene rings is 1. The summed E-state index contributed by atoms with van der Waals surface area (Å²) >= 11 is 15.4. The Kier molecular flexibility index (Phi) is 5.08. The molecule has 110 valence electrons. The monoisotopic (exact) mass is 388 g/mol. The van der Waals surface area contributed by atoms with Crippen molar-refractivity contribution >= 4 is 50.9 Å². The van der Waals surface area contributed by atoms with Gasteiger partial charge in [-0.3, -0.25) is 4.79 Å². The standard InChI is InChI=1S/C14H11BrCl2N2O2/c1-7-9(15)3-4-12(18-7)19-14(20)8-5-10(16)13(21-2)11(17)6-8/h3-6H,1-2H3,(H,18,19,20). The Bertz CT molecular complexity index is 684. The number of nitrogens with zero attached hydrogens (tertiary/aromatic N) is 1. The van der Waals surface area contributed by atoms with Crippen molar-refractivity contribution in [2.24, 2.45) is 0 Å². The molecular formula is C14H11BrCl2N2O2. The normalized spacial score (nSPS) is 10.3. The first kappa shape index (κ1) is 16.1. The molecule has 1 amide bonds. The number of anilines is 1. The largest absolute Gasteiger partial charge is 0.494 e. The summed E-state index contributed by atoms with van der Waals surface area (Å²) in [5.41, 5.74) is 1.10. The highest BCUT2D eigenvalue weighted by Gasteiger charge is 2.14. The van der Waals surface area contributed by atoms with Crippen LogP contribution < -0.4 is 10.1 Å². The summed E-state index contributed by atoms with van der Waals surface area (Å²) in [5, 5.41) is 3.24. The van der Waals surface area contributed by atoms with Gasteiger partial charge in [-0.15, -0.1) is 0 Å². The molecule has 0 atom stereocenters. The molecule has 0 radical (unpaired) electrons. The van der Waals surface area contributed by atoms with Gasteiger partial charge in [0.1, 0.15) is 5.82 Å². The molecule has 2 rings (SSSR count). The second-order valence-corrected chi connectivity index (χ2v) is 5.86. The van der Waals surface area contributed by atoms with E-state index in [-0.39, 0.29) is 16.0 Å². The van der Waals surface area contributed by atoms with Crippen LogP contribution in [0.5, 0.6) is 5.75 Å². The van der Waals surface area contributed by atoms with Crippen LogP contribution in [0.15, 0.2) is 28.7 Å². The number of methoxy groups -OCH3 is 1. The lowest BCUT2D eigenvalue weighted by molar-refractivity contribution is 0.102. The van der Waals surface area contributed by atoms with Gasteiger partial charge in [0, 0.05) is 10.0 Å². The minimum Gasteiger partial charge on any atom is -0.494 e. The van der Waals surface area contributed by atoms with Crippen LogP contribution in [0.25, 0.3) is 0 Å². The van der Waals surface area contributed by atoms with E-state index in [1.165, 1.54) is 19.2 Å². The van der Waals surface area contributed by atoms with Gasteiger partial charge < -0.3 is 10.1 Å². The van der Waals surface area contributed by atoms with Crippen molar-refractivity contribution in [3.63, 3.8) is 0 Å². The molecule has 21 heavy (non-hydrogen) atoms. The molecule has 0 aliphatic heterocycles. The molecule has 1 aromatic carbocycles. The zero-order valence-corrected chi connectivity index (χ0v) is 14.3. The molecule has 1 N–H and O–H groups in total. The highest BCUT2D eigenvalue weighted by molar-refractivity contribution is 9.10. The van der Waals surface area contributed by atoms with Gasteiger partial charge in [-0.05, 0) is 47.1 Å². The molecule has 0 fully saturated rings. The van der Waals surface area contributed by atoms with Crippen LogP contribution in [0.3, 0.4) is 0 Å². The second kappa shape index (κ2) is 6.64. The fourth-order valence-electron chi connectivity index (χ4n) is 1.69. The van der Waals surface area contributed by atoms with Gasteiger partial charge in [-0.2, -0.15) is 0 Å². The van der Waals surface area contributed by atoms with Gasteiger partial charge in [0.25, 0.3) is 5.91 Å². The quantitative estimate of drug-likeness (QED) is 0.826. The number of rotatable bonds is 3. The molecule has 0 saturated carbocycles. The zero-order chi connectivity index (χ0) is 15.6. The average Bonchev–Trinajstić information content (AvgIpc) is 2.42. The molecule has 0 aliphatic carbocycles. The lowest BCUT2D eigenvalue weighted by atomic mass is 10.2. The number of hydrogen-bond acceptors (Lipinski definition) is 3. The molecule has 0 saturated heterocycles. The molecule has 0 unspecified atom stereocenters.